The van der Waals surface area contributed by atoms with E-state index < -0.39 is 5.97 Å². The van der Waals surface area contributed by atoms with E-state index >= 15 is 0 Å². The summed E-state index contributed by atoms with van der Waals surface area (Å²) >= 11 is 0. The lowest BCUT2D eigenvalue weighted by Crippen LogP contribution is -2.31. The minimum Gasteiger partial charge on any atom is -0.482 e. The van der Waals surface area contributed by atoms with E-state index in [1.54, 1.807) is 6.07 Å². The summed E-state index contributed by atoms with van der Waals surface area (Å²) in [7, 11) is 0. The second-order valence-corrected chi connectivity index (χ2v) is 6.92. The number of amides is 1. The highest BCUT2D eigenvalue weighted by Gasteiger charge is 2.09. The Morgan fingerprint density at radius 1 is 0.900 bits per heavy atom. The summed E-state index contributed by atoms with van der Waals surface area (Å²) in [5.41, 5.74) is 2.20. The number of nitrogens with one attached hydrogen (secondary N) is 2. The second kappa shape index (κ2) is 9.13. The van der Waals surface area contributed by atoms with Crippen molar-refractivity contribution in [3.05, 3.63) is 78.5 Å². The third kappa shape index (κ3) is 4.78. The van der Waals surface area contributed by atoms with Crippen molar-refractivity contribution >= 4 is 33.6 Å². The van der Waals surface area contributed by atoms with Crippen LogP contribution in [-0.2, 0) is 20.7 Å². The van der Waals surface area contributed by atoms with Gasteiger partial charge < -0.3 is 19.8 Å². The average molecular weight is 402 g/mol. The topological polar surface area (TPSA) is 80.4 Å². The average Bonchev–Trinajstić information content (AvgIpc) is 3.19. The number of benzene rings is 3. The molecule has 1 aromatic heterocycles. The summed E-state index contributed by atoms with van der Waals surface area (Å²) in [6, 6.07) is 21.5. The first-order chi connectivity index (χ1) is 14.7. The lowest BCUT2D eigenvalue weighted by atomic mass is 10.1. The predicted molar refractivity (Wildman–Crippen MR) is 115 cm³/mol. The molecule has 0 aliphatic carbocycles. The van der Waals surface area contributed by atoms with Gasteiger partial charge in [-0.1, -0.05) is 48.5 Å². The molecule has 0 aliphatic heterocycles. The molecule has 0 bridgehead atoms. The van der Waals surface area contributed by atoms with Gasteiger partial charge in [-0.15, -0.1) is 0 Å². The molecule has 4 aromatic rings. The highest BCUT2D eigenvalue weighted by Crippen LogP contribution is 2.20. The summed E-state index contributed by atoms with van der Waals surface area (Å²) in [5, 5.41) is 6.03. The van der Waals surface area contributed by atoms with Gasteiger partial charge >= 0.3 is 5.97 Å². The van der Waals surface area contributed by atoms with E-state index in [0.717, 1.165) is 27.2 Å². The molecule has 1 heterocycles. The van der Waals surface area contributed by atoms with Gasteiger partial charge in [0.2, 0.25) is 0 Å². The maximum atomic E-state index is 11.9. The highest BCUT2D eigenvalue weighted by molar-refractivity contribution is 5.85. The number of para-hydroxylation sites is 1. The molecule has 0 unspecified atom stereocenters. The number of hydrogen-bond donors (Lipinski definition) is 2. The van der Waals surface area contributed by atoms with Crippen LogP contribution in [0.4, 0.5) is 0 Å². The Morgan fingerprint density at radius 3 is 2.60 bits per heavy atom. The van der Waals surface area contributed by atoms with Gasteiger partial charge in [0.05, 0.1) is 0 Å². The second-order valence-electron chi connectivity index (χ2n) is 6.92. The summed E-state index contributed by atoms with van der Waals surface area (Å²) in [6.07, 6.45) is 2.63. The van der Waals surface area contributed by atoms with Crippen molar-refractivity contribution in [3.8, 4) is 5.75 Å². The first-order valence-electron chi connectivity index (χ1n) is 9.78. The van der Waals surface area contributed by atoms with Gasteiger partial charge in [0.15, 0.2) is 13.2 Å². The number of esters is 1. The molecule has 1 amide bonds. The Hall–Kier alpha value is -3.80. The number of fused-ring (bicyclic) bond motifs is 2. The third-order valence-electron chi connectivity index (χ3n) is 4.83. The molecule has 0 atom stereocenters. The molecule has 6 nitrogen and oxygen atoms in total. The molecule has 152 valence electrons. The van der Waals surface area contributed by atoms with E-state index in [1.165, 1.54) is 0 Å². The van der Waals surface area contributed by atoms with Crippen LogP contribution in [0.1, 0.15) is 5.56 Å². The van der Waals surface area contributed by atoms with Crippen molar-refractivity contribution in [2.75, 3.05) is 19.8 Å². The van der Waals surface area contributed by atoms with Gasteiger partial charge in [0.1, 0.15) is 5.75 Å². The Balaban J connectivity index is 1.17. The molecule has 3 aromatic carbocycles. The molecule has 0 aliphatic rings. The van der Waals surface area contributed by atoms with Crippen LogP contribution >= 0.6 is 0 Å². The van der Waals surface area contributed by atoms with Crippen LogP contribution in [0.3, 0.4) is 0 Å². The number of aromatic amines is 1. The van der Waals surface area contributed by atoms with Crippen LogP contribution in [0, 0.1) is 0 Å². The van der Waals surface area contributed by atoms with Crippen LogP contribution in [0.2, 0.25) is 0 Å². The van der Waals surface area contributed by atoms with Crippen molar-refractivity contribution in [3.63, 3.8) is 0 Å². The Kier molecular flexibility index (Phi) is 5.94. The van der Waals surface area contributed by atoms with Crippen molar-refractivity contribution in [2.24, 2.45) is 0 Å². The molecule has 6 heteroatoms. The maximum Gasteiger partial charge on any atom is 0.344 e. The molecule has 2 N–H and O–H groups in total. The first kappa shape index (κ1) is 19.5. The molecule has 0 saturated carbocycles. The number of hydrogen-bond acceptors (Lipinski definition) is 4. The number of ether oxygens (including phenoxy) is 2. The van der Waals surface area contributed by atoms with Crippen molar-refractivity contribution in [1.82, 2.24) is 10.3 Å². The summed E-state index contributed by atoms with van der Waals surface area (Å²) in [4.78, 5) is 27.0. The van der Waals surface area contributed by atoms with Gasteiger partial charge in [-0.3, -0.25) is 4.79 Å². The Labute approximate surface area is 173 Å². The summed E-state index contributed by atoms with van der Waals surface area (Å²) in [6.45, 7) is -0.111. The van der Waals surface area contributed by atoms with Gasteiger partial charge in [0.25, 0.3) is 5.91 Å². The minimum absolute atomic E-state index is 0.249. The molecule has 0 saturated heterocycles. The van der Waals surface area contributed by atoms with Crippen molar-refractivity contribution in [2.45, 2.75) is 6.42 Å². The van der Waals surface area contributed by atoms with E-state index in [0.29, 0.717) is 18.7 Å². The van der Waals surface area contributed by atoms with Crippen LogP contribution in [0.25, 0.3) is 21.7 Å². The molecule has 4 rings (SSSR count). The lowest BCUT2D eigenvalue weighted by molar-refractivity contribution is -0.150. The Bertz CT molecular complexity index is 1180. The van der Waals surface area contributed by atoms with E-state index in [-0.39, 0.29) is 19.1 Å². The van der Waals surface area contributed by atoms with Crippen LogP contribution in [0.5, 0.6) is 5.75 Å². The predicted octanol–water partition coefficient (Wildman–Crippen LogP) is 3.60. The lowest BCUT2D eigenvalue weighted by Gasteiger charge is -2.08. The van der Waals surface area contributed by atoms with Crippen LogP contribution in [0.15, 0.2) is 72.9 Å². The number of aromatic nitrogens is 1. The summed E-state index contributed by atoms with van der Waals surface area (Å²) in [5.74, 6) is -0.349. The zero-order chi connectivity index (χ0) is 20.8. The van der Waals surface area contributed by atoms with E-state index in [9.17, 15) is 9.59 Å². The SMILES string of the molecule is O=C(COC(=O)COc1ccc2ccccc2c1)NCCc1c[nH]c2ccccc12. The largest absolute Gasteiger partial charge is 0.482 e. The number of carbonyl (C=O) groups excluding carboxylic acids is 2. The van der Waals surface area contributed by atoms with Gasteiger partial charge in [0, 0.05) is 23.6 Å². The van der Waals surface area contributed by atoms with Gasteiger partial charge in [-0.05, 0) is 41.0 Å². The fourth-order valence-electron chi connectivity index (χ4n) is 3.31. The number of rotatable bonds is 8. The molecule has 0 radical (unpaired) electrons. The fourth-order valence-corrected chi connectivity index (χ4v) is 3.31. The molecular weight excluding hydrogens is 380 g/mol. The van der Waals surface area contributed by atoms with Crippen molar-refractivity contribution in [1.29, 1.82) is 0 Å². The van der Waals surface area contributed by atoms with E-state index in [1.807, 2.05) is 66.9 Å². The van der Waals surface area contributed by atoms with Crippen molar-refractivity contribution < 1.29 is 19.1 Å². The molecular formula is C24H22N2O4. The molecule has 0 spiro atoms. The molecule has 0 fully saturated rings. The van der Waals surface area contributed by atoms with Crippen LogP contribution in [-0.4, -0.2) is 36.6 Å². The van der Waals surface area contributed by atoms with E-state index in [2.05, 4.69) is 10.3 Å². The van der Waals surface area contributed by atoms with Gasteiger partial charge in [-0.2, -0.15) is 0 Å². The minimum atomic E-state index is -0.588. The number of carbonyl (C=O) groups is 2. The smallest absolute Gasteiger partial charge is 0.344 e. The molecule has 30 heavy (non-hydrogen) atoms. The Morgan fingerprint density at radius 2 is 1.70 bits per heavy atom. The summed E-state index contributed by atoms with van der Waals surface area (Å²) < 4.78 is 10.5. The van der Waals surface area contributed by atoms with Gasteiger partial charge in [-0.25, -0.2) is 4.79 Å². The quantitative estimate of drug-likeness (QED) is 0.441. The van der Waals surface area contributed by atoms with E-state index in [4.69, 9.17) is 9.47 Å². The zero-order valence-corrected chi connectivity index (χ0v) is 16.4. The monoisotopic (exact) mass is 402 g/mol. The number of H-pyrrole nitrogens is 1. The maximum absolute atomic E-state index is 11.9. The van der Waals surface area contributed by atoms with Crippen LogP contribution < -0.4 is 10.1 Å². The fraction of sp³-hybridized carbons (Fsp3) is 0.167. The third-order valence-corrected chi connectivity index (χ3v) is 4.83. The zero-order valence-electron chi connectivity index (χ0n) is 16.4. The standard InChI is InChI=1S/C24H22N2O4/c27-23(25-12-11-19-14-26-22-8-4-3-7-21(19)22)15-30-24(28)16-29-20-10-9-17-5-1-2-6-18(17)13-20/h1-10,13-14,26H,11-12,15-16H2,(H,25,27). The highest BCUT2D eigenvalue weighted by atomic mass is 16.6. The first-order valence-corrected chi connectivity index (χ1v) is 9.78. The normalized spacial score (nSPS) is 10.8.